The Morgan fingerprint density at radius 3 is 2.50 bits per heavy atom. The highest BCUT2D eigenvalue weighted by Gasteiger charge is 2.32. The summed E-state index contributed by atoms with van der Waals surface area (Å²) < 4.78 is 0. The molecule has 0 aromatic carbocycles. The summed E-state index contributed by atoms with van der Waals surface area (Å²) in [4.78, 5) is 0. The van der Waals surface area contributed by atoms with Gasteiger partial charge in [-0.1, -0.05) is 26.2 Å². The van der Waals surface area contributed by atoms with Crippen molar-refractivity contribution in [3.8, 4) is 11.8 Å². The van der Waals surface area contributed by atoms with Gasteiger partial charge in [0.1, 0.15) is 0 Å². The van der Waals surface area contributed by atoms with E-state index in [1.807, 2.05) is 6.92 Å². The molecule has 1 atom stereocenters. The Hall–Kier alpha value is -0.480. The molecule has 1 unspecified atom stereocenters. The number of rotatable bonds is 3. The van der Waals surface area contributed by atoms with E-state index in [9.17, 15) is 0 Å². The predicted molar refractivity (Wildman–Crippen MR) is 61.9 cm³/mol. The molecule has 0 aromatic rings. The van der Waals surface area contributed by atoms with Gasteiger partial charge in [-0.25, -0.2) is 0 Å². The highest BCUT2D eigenvalue weighted by Crippen LogP contribution is 2.39. The van der Waals surface area contributed by atoms with Crippen LogP contribution in [0.3, 0.4) is 0 Å². The highest BCUT2D eigenvalue weighted by molar-refractivity contribution is 4.97. The van der Waals surface area contributed by atoms with Crippen molar-refractivity contribution in [1.29, 1.82) is 0 Å². The molecular formula is C13H23N. The fraction of sp³-hybridized carbons (Fsp3) is 0.846. The summed E-state index contributed by atoms with van der Waals surface area (Å²) in [5.41, 5.74) is 6.65. The van der Waals surface area contributed by atoms with Gasteiger partial charge in [0.05, 0.1) is 0 Å². The molecule has 0 radical (unpaired) electrons. The molecule has 0 aromatic heterocycles. The topological polar surface area (TPSA) is 26.0 Å². The Morgan fingerprint density at radius 2 is 1.93 bits per heavy atom. The Labute approximate surface area is 88.5 Å². The largest absolute Gasteiger partial charge is 0.327 e. The second-order valence-electron chi connectivity index (χ2n) is 4.79. The Kier molecular flexibility index (Phi) is 4.48. The molecule has 1 heteroatoms. The Balaban J connectivity index is 2.39. The minimum Gasteiger partial charge on any atom is -0.327 e. The molecule has 0 heterocycles. The van der Waals surface area contributed by atoms with Gasteiger partial charge in [0, 0.05) is 12.5 Å². The summed E-state index contributed by atoms with van der Waals surface area (Å²) in [7, 11) is 0. The first-order chi connectivity index (χ1) is 6.69. The number of hydrogen-bond donors (Lipinski definition) is 1. The van der Waals surface area contributed by atoms with Crippen molar-refractivity contribution >= 4 is 0 Å². The van der Waals surface area contributed by atoms with E-state index >= 15 is 0 Å². The first-order valence-corrected chi connectivity index (χ1v) is 5.84. The molecule has 1 aliphatic rings. The van der Waals surface area contributed by atoms with Crippen molar-refractivity contribution in [2.24, 2.45) is 11.1 Å². The van der Waals surface area contributed by atoms with Crippen LogP contribution in [-0.2, 0) is 0 Å². The summed E-state index contributed by atoms with van der Waals surface area (Å²) in [6.45, 7) is 4.25. The average Bonchev–Trinajstić information content (AvgIpc) is 2.19. The minimum atomic E-state index is 0.351. The third-order valence-corrected chi connectivity index (χ3v) is 3.65. The lowest BCUT2D eigenvalue weighted by Gasteiger charge is -2.38. The van der Waals surface area contributed by atoms with Gasteiger partial charge in [0.2, 0.25) is 0 Å². The summed E-state index contributed by atoms with van der Waals surface area (Å²) in [5.74, 6) is 6.04. The maximum Gasteiger partial charge on any atom is 0.0103 e. The quantitative estimate of drug-likeness (QED) is 0.685. The third-order valence-electron chi connectivity index (χ3n) is 3.65. The first kappa shape index (κ1) is 11.6. The van der Waals surface area contributed by atoms with E-state index in [1.165, 1.54) is 32.1 Å². The van der Waals surface area contributed by atoms with Crippen molar-refractivity contribution < 1.29 is 0 Å². The van der Waals surface area contributed by atoms with E-state index in [4.69, 9.17) is 5.73 Å². The number of hydrogen-bond acceptors (Lipinski definition) is 1. The summed E-state index contributed by atoms with van der Waals surface area (Å²) in [5, 5.41) is 0. The molecule has 2 N–H and O–H groups in total. The standard InChI is InChI=1S/C13H23N/c1-3-4-6-9-12(14)13(2)10-7-5-8-11-13/h12H,5-11,14H2,1-2H3. The Bertz CT molecular complexity index is 215. The molecule has 1 fully saturated rings. The van der Waals surface area contributed by atoms with E-state index in [0.29, 0.717) is 11.5 Å². The maximum absolute atomic E-state index is 6.26. The van der Waals surface area contributed by atoms with Gasteiger partial charge in [-0.05, 0) is 31.6 Å². The van der Waals surface area contributed by atoms with Crippen molar-refractivity contribution in [2.45, 2.75) is 64.8 Å². The molecule has 1 rings (SSSR count). The van der Waals surface area contributed by atoms with Gasteiger partial charge in [0.15, 0.2) is 0 Å². The molecule has 0 saturated heterocycles. The lowest BCUT2D eigenvalue weighted by atomic mass is 9.70. The first-order valence-electron chi connectivity index (χ1n) is 5.84. The molecule has 0 spiro atoms. The molecule has 80 valence electrons. The van der Waals surface area contributed by atoms with Crippen molar-refractivity contribution in [3.63, 3.8) is 0 Å². The van der Waals surface area contributed by atoms with Crippen LogP contribution in [0.2, 0.25) is 0 Å². The van der Waals surface area contributed by atoms with Gasteiger partial charge < -0.3 is 5.73 Å². The van der Waals surface area contributed by atoms with Crippen LogP contribution in [0.15, 0.2) is 0 Å². The molecule has 1 nitrogen and oxygen atoms in total. The van der Waals surface area contributed by atoms with Crippen molar-refractivity contribution in [3.05, 3.63) is 0 Å². The fourth-order valence-corrected chi connectivity index (χ4v) is 2.43. The van der Waals surface area contributed by atoms with Crippen LogP contribution < -0.4 is 5.73 Å². The van der Waals surface area contributed by atoms with Crippen LogP contribution in [0, 0.1) is 17.3 Å². The van der Waals surface area contributed by atoms with E-state index in [0.717, 1.165) is 12.8 Å². The third kappa shape index (κ3) is 3.03. The monoisotopic (exact) mass is 193 g/mol. The molecule has 0 bridgehead atoms. The van der Waals surface area contributed by atoms with Crippen LogP contribution in [0.5, 0.6) is 0 Å². The average molecular weight is 193 g/mol. The second-order valence-corrected chi connectivity index (χ2v) is 4.79. The highest BCUT2D eigenvalue weighted by atomic mass is 14.7. The van der Waals surface area contributed by atoms with Crippen molar-refractivity contribution in [1.82, 2.24) is 0 Å². The van der Waals surface area contributed by atoms with Crippen LogP contribution in [0.1, 0.15) is 58.8 Å². The number of nitrogens with two attached hydrogens (primary N) is 1. The molecule has 0 aliphatic heterocycles. The molecule has 14 heavy (non-hydrogen) atoms. The minimum absolute atomic E-state index is 0.351. The zero-order valence-corrected chi connectivity index (χ0v) is 9.60. The summed E-state index contributed by atoms with van der Waals surface area (Å²) >= 11 is 0. The van der Waals surface area contributed by atoms with Crippen LogP contribution in [0.4, 0.5) is 0 Å². The van der Waals surface area contributed by atoms with Crippen LogP contribution in [-0.4, -0.2) is 6.04 Å². The molecule has 1 saturated carbocycles. The molecule has 1 aliphatic carbocycles. The van der Waals surface area contributed by atoms with E-state index in [1.54, 1.807) is 0 Å². The smallest absolute Gasteiger partial charge is 0.0103 e. The van der Waals surface area contributed by atoms with Gasteiger partial charge in [0.25, 0.3) is 0 Å². The zero-order chi connectivity index (χ0) is 10.4. The SMILES string of the molecule is CC#CCCC(N)C1(C)CCCCC1. The van der Waals surface area contributed by atoms with Gasteiger partial charge in [-0.15, -0.1) is 11.8 Å². The summed E-state index contributed by atoms with van der Waals surface area (Å²) in [6, 6.07) is 0.351. The van der Waals surface area contributed by atoms with Gasteiger partial charge >= 0.3 is 0 Å². The molecular weight excluding hydrogens is 170 g/mol. The van der Waals surface area contributed by atoms with E-state index < -0.39 is 0 Å². The predicted octanol–water partition coefficient (Wildman–Crippen LogP) is 3.09. The summed E-state index contributed by atoms with van der Waals surface area (Å²) in [6.07, 6.45) is 8.79. The molecule has 0 amide bonds. The van der Waals surface area contributed by atoms with Crippen LogP contribution in [0.25, 0.3) is 0 Å². The lowest BCUT2D eigenvalue weighted by Crippen LogP contribution is -2.40. The fourth-order valence-electron chi connectivity index (χ4n) is 2.43. The van der Waals surface area contributed by atoms with Crippen LogP contribution >= 0.6 is 0 Å². The van der Waals surface area contributed by atoms with E-state index in [2.05, 4.69) is 18.8 Å². The Morgan fingerprint density at radius 1 is 1.29 bits per heavy atom. The van der Waals surface area contributed by atoms with E-state index in [-0.39, 0.29) is 0 Å². The lowest BCUT2D eigenvalue weighted by molar-refractivity contribution is 0.164. The normalized spacial score (nSPS) is 22.2. The maximum atomic E-state index is 6.26. The zero-order valence-electron chi connectivity index (χ0n) is 9.60. The van der Waals surface area contributed by atoms with Crippen molar-refractivity contribution in [2.75, 3.05) is 0 Å². The van der Waals surface area contributed by atoms with Gasteiger partial charge in [-0.2, -0.15) is 0 Å². The van der Waals surface area contributed by atoms with Gasteiger partial charge in [-0.3, -0.25) is 0 Å². The second kappa shape index (κ2) is 5.41.